The topological polar surface area (TPSA) is 61.7 Å². The molecule has 1 fully saturated rings. The van der Waals surface area contributed by atoms with Gasteiger partial charge >= 0.3 is 0 Å². The summed E-state index contributed by atoms with van der Waals surface area (Å²) in [7, 11) is 1.96. The van der Waals surface area contributed by atoms with E-state index in [0.29, 0.717) is 19.7 Å². The number of anilines is 1. The zero-order valence-corrected chi connectivity index (χ0v) is 14.3. The van der Waals surface area contributed by atoms with E-state index in [2.05, 4.69) is 15.1 Å². The number of likely N-dealkylation sites (N-methyl/N-ethyl adjacent to an activating group) is 1. The van der Waals surface area contributed by atoms with Gasteiger partial charge in [-0.05, 0) is 29.8 Å². The van der Waals surface area contributed by atoms with Crippen molar-refractivity contribution in [2.24, 2.45) is 0 Å². The molecule has 0 bridgehead atoms. The molecule has 0 radical (unpaired) electrons. The normalized spacial score (nSPS) is 19.6. The van der Waals surface area contributed by atoms with Gasteiger partial charge in [-0.1, -0.05) is 12.1 Å². The molecule has 25 heavy (non-hydrogen) atoms. The van der Waals surface area contributed by atoms with Crippen LogP contribution >= 0.6 is 0 Å². The molecule has 1 aromatic carbocycles. The van der Waals surface area contributed by atoms with Crippen LogP contribution in [0.1, 0.15) is 11.7 Å². The molecule has 1 aliphatic rings. The SMILES string of the molecule is CN(C[C@H]1CN(C[C@@H](O)c2ccc(F)cc2)CCO1)c1cccnn1. The van der Waals surface area contributed by atoms with E-state index in [1.54, 1.807) is 18.3 Å². The highest BCUT2D eigenvalue weighted by molar-refractivity contribution is 5.35. The predicted molar refractivity (Wildman–Crippen MR) is 92.8 cm³/mol. The summed E-state index contributed by atoms with van der Waals surface area (Å²) in [5.74, 6) is 0.504. The van der Waals surface area contributed by atoms with E-state index < -0.39 is 6.10 Å². The Bertz CT molecular complexity index is 656. The molecule has 0 aliphatic carbocycles. The fourth-order valence-corrected chi connectivity index (χ4v) is 2.99. The van der Waals surface area contributed by atoms with Gasteiger partial charge < -0.3 is 14.7 Å². The molecule has 1 aliphatic heterocycles. The summed E-state index contributed by atoms with van der Waals surface area (Å²) in [4.78, 5) is 4.18. The molecule has 6 nitrogen and oxygen atoms in total. The van der Waals surface area contributed by atoms with Crippen LogP contribution in [0.3, 0.4) is 0 Å². The molecule has 1 N–H and O–H groups in total. The molecular formula is C18H23FN4O2. The number of aliphatic hydroxyl groups is 1. The van der Waals surface area contributed by atoms with Gasteiger partial charge in [-0.3, -0.25) is 4.90 Å². The number of morpholine rings is 1. The smallest absolute Gasteiger partial charge is 0.151 e. The van der Waals surface area contributed by atoms with Crippen molar-refractivity contribution in [3.05, 3.63) is 54.0 Å². The molecule has 1 aromatic heterocycles. The second kappa shape index (κ2) is 8.33. The minimum Gasteiger partial charge on any atom is -0.387 e. The van der Waals surface area contributed by atoms with Crippen molar-refractivity contribution in [2.75, 3.05) is 44.7 Å². The molecule has 0 unspecified atom stereocenters. The number of hydrogen-bond donors (Lipinski definition) is 1. The largest absolute Gasteiger partial charge is 0.387 e. The fraction of sp³-hybridized carbons (Fsp3) is 0.444. The number of nitrogens with zero attached hydrogens (tertiary/aromatic N) is 4. The Morgan fingerprint density at radius 3 is 2.88 bits per heavy atom. The Kier molecular flexibility index (Phi) is 5.91. The van der Waals surface area contributed by atoms with Crippen LogP contribution in [-0.4, -0.2) is 66.1 Å². The van der Waals surface area contributed by atoms with Crippen molar-refractivity contribution >= 4 is 5.82 Å². The van der Waals surface area contributed by atoms with Crippen molar-refractivity contribution in [1.29, 1.82) is 0 Å². The molecule has 0 amide bonds. The van der Waals surface area contributed by atoms with Crippen LogP contribution in [0.5, 0.6) is 0 Å². The molecule has 1 saturated heterocycles. The maximum Gasteiger partial charge on any atom is 0.151 e. The van der Waals surface area contributed by atoms with Crippen molar-refractivity contribution in [2.45, 2.75) is 12.2 Å². The monoisotopic (exact) mass is 346 g/mol. The van der Waals surface area contributed by atoms with Crippen LogP contribution in [-0.2, 0) is 4.74 Å². The average molecular weight is 346 g/mol. The zero-order chi connectivity index (χ0) is 17.6. The van der Waals surface area contributed by atoms with Gasteiger partial charge in [-0.2, -0.15) is 5.10 Å². The average Bonchev–Trinajstić information content (AvgIpc) is 2.63. The van der Waals surface area contributed by atoms with E-state index in [4.69, 9.17) is 4.74 Å². The lowest BCUT2D eigenvalue weighted by Gasteiger charge is -2.35. The summed E-state index contributed by atoms with van der Waals surface area (Å²) in [5, 5.41) is 18.4. The molecule has 134 valence electrons. The first-order chi connectivity index (χ1) is 12.1. The van der Waals surface area contributed by atoms with E-state index in [-0.39, 0.29) is 11.9 Å². The Morgan fingerprint density at radius 1 is 1.36 bits per heavy atom. The highest BCUT2D eigenvalue weighted by Gasteiger charge is 2.24. The molecular weight excluding hydrogens is 323 g/mol. The highest BCUT2D eigenvalue weighted by Crippen LogP contribution is 2.17. The maximum atomic E-state index is 13.0. The Hall–Kier alpha value is -2.09. The van der Waals surface area contributed by atoms with Crippen molar-refractivity contribution in [1.82, 2.24) is 15.1 Å². The minimum absolute atomic E-state index is 0.0289. The molecule has 3 rings (SSSR count). The van der Waals surface area contributed by atoms with E-state index in [1.807, 2.05) is 24.1 Å². The molecule has 2 atom stereocenters. The van der Waals surface area contributed by atoms with Crippen LogP contribution in [0.2, 0.25) is 0 Å². The first-order valence-electron chi connectivity index (χ1n) is 8.38. The Balaban J connectivity index is 1.53. The summed E-state index contributed by atoms with van der Waals surface area (Å²) >= 11 is 0. The summed E-state index contributed by atoms with van der Waals surface area (Å²) in [6.07, 6.45) is 1.03. The standard InChI is InChI=1S/C18H23FN4O2/c1-22(18-3-2-8-20-21-18)11-16-12-23(9-10-25-16)13-17(24)14-4-6-15(19)7-5-14/h2-8,16-17,24H,9-13H2,1H3/t16-,17+/m0/s1. The number of rotatable bonds is 6. The van der Waals surface area contributed by atoms with Crippen molar-refractivity contribution < 1.29 is 14.2 Å². The number of benzene rings is 1. The lowest BCUT2D eigenvalue weighted by atomic mass is 10.1. The van der Waals surface area contributed by atoms with Crippen molar-refractivity contribution in [3.8, 4) is 0 Å². The van der Waals surface area contributed by atoms with Gasteiger partial charge in [-0.15, -0.1) is 5.10 Å². The third-order valence-corrected chi connectivity index (χ3v) is 4.34. The molecule has 0 saturated carbocycles. The van der Waals surface area contributed by atoms with Crippen molar-refractivity contribution in [3.63, 3.8) is 0 Å². The molecule has 2 heterocycles. The second-order valence-electron chi connectivity index (χ2n) is 6.28. The van der Waals surface area contributed by atoms with Crippen LogP contribution in [0, 0.1) is 5.82 Å². The first-order valence-corrected chi connectivity index (χ1v) is 8.38. The summed E-state index contributed by atoms with van der Waals surface area (Å²) in [6, 6.07) is 9.75. The van der Waals surface area contributed by atoms with Gasteiger partial charge in [0.1, 0.15) is 5.82 Å². The second-order valence-corrected chi connectivity index (χ2v) is 6.28. The lowest BCUT2D eigenvalue weighted by molar-refractivity contribution is -0.0365. The number of aliphatic hydroxyl groups excluding tert-OH is 1. The Labute approximate surface area is 146 Å². The summed E-state index contributed by atoms with van der Waals surface area (Å²) < 4.78 is 18.8. The third-order valence-electron chi connectivity index (χ3n) is 4.34. The number of halogens is 1. The van der Waals surface area contributed by atoms with Gasteiger partial charge in [-0.25, -0.2) is 4.39 Å². The van der Waals surface area contributed by atoms with Gasteiger partial charge in [0.25, 0.3) is 0 Å². The van der Waals surface area contributed by atoms with E-state index >= 15 is 0 Å². The van der Waals surface area contributed by atoms with Gasteiger partial charge in [0.05, 0.1) is 18.8 Å². The van der Waals surface area contributed by atoms with Gasteiger partial charge in [0.15, 0.2) is 5.82 Å². The maximum absolute atomic E-state index is 13.0. The van der Waals surface area contributed by atoms with Crippen LogP contribution in [0.4, 0.5) is 10.2 Å². The summed E-state index contributed by atoms with van der Waals surface area (Å²) in [5.41, 5.74) is 0.723. The number of ether oxygens (including phenoxy) is 1. The number of aromatic nitrogens is 2. The molecule has 0 spiro atoms. The molecule has 2 aromatic rings. The Morgan fingerprint density at radius 2 is 2.16 bits per heavy atom. The first kappa shape index (κ1) is 17.7. The molecule has 7 heteroatoms. The van der Waals surface area contributed by atoms with E-state index in [0.717, 1.165) is 24.5 Å². The fourth-order valence-electron chi connectivity index (χ4n) is 2.99. The lowest BCUT2D eigenvalue weighted by Crippen LogP contribution is -2.48. The third kappa shape index (κ3) is 4.94. The van der Waals surface area contributed by atoms with E-state index in [1.165, 1.54) is 12.1 Å². The highest BCUT2D eigenvalue weighted by atomic mass is 19.1. The van der Waals surface area contributed by atoms with Gasteiger partial charge in [0, 0.05) is 39.4 Å². The number of β-amino-alcohol motifs (C(OH)–C–C–N with tert-alkyl or cyclic N) is 1. The van der Waals surface area contributed by atoms with Gasteiger partial charge in [0.2, 0.25) is 0 Å². The summed E-state index contributed by atoms with van der Waals surface area (Å²) in [6.45, 7) is 3.31. The minimum atomic E-state index is -0.642. The van der Waals surface area contributed by atoms with E-state index in [9.17, 15) is 9.50 Å². The van der Waals surface area contributed by atoms with Crippen LogP contribution in [0.15, 0.2) is 42.6 Å². The number of hydrogen-bond acceptors (Lipinski definition) is 6. The zero-order valence-electron chi connectivity index (χ0n) is 14.3. The predicted octanol–water partition coefficient (Wildman–Crippen LogP) is 1.49. The van der Waals surface area contributed by atoms with Crippen LogP contribution in [0.25, 0.3) is 0 Å². The van der Waals surface area contributed by atoms with Crippen LogP contribution < -0.4 is 4.90 Å². The quantitative estimate of drug-likeness (QED) is 0.855.